The first-order chi connectivity index (χ1) is 13.7. The second kappa shape index (κ2) is 9.32. The molecule has 2 saturated heterocycles. The van der Waals surface area contributed by atoms with Crippen LogP contribution in [0.15, 0.2) is 18.2 Å². The second-order valence-electron chi connectivity index (χ2n) is 7.38. The highest BCUT2D eigenvalue weighted by Crippen LogP contribution is 2.33. The van der Waals surface area contributed by atoms with Crippen molar-refractivity contribution in [2.45, 2.75) is 19.0 Å². The van der Waals surface area contributed by atoms with Gasteiger partial charge in [-0.3, -0.25) is 19.4 Å². The Morgan fingerprint density at radius 2 is 1.55 bits per heavy atom. The van der Waals surface area contributed by atoms with Crippen LogP contribution < -0.4 is 5.32 Å². The van der Waals surface area contributed by atoms with Crippen LogP contribution in [0.1, 0.15) is 18.4 Å². The predicted molar refractivity (Wildman–Crippen MR) is 104 cm³/mol. The number of amides is 2. The van der Waals surface area contributed by atoms with Crippen LogP contribution in [0.2, 0.25) is 5.02 Å². The normalized spacial score (nSPS) is 18.8. The monoisotopic (exact) mass is 432 g/mol. The Kier molecular flexibility index (Phi) is 7.02. The summed E-state index contributed by atoms with van der Waals surface area (Å²) >= 11 is 5.92. The van der Waals surface area contributed by atoms with Crippen molar-refractivity contribution < 1.29 is 22.8 Å². The van der Waals surface area contributed by atoms with Crippen molar-refractivity contribution in [3.8, 4) is 0 Å². The molecule has 0 radical (unpaired) electrons. The van der Waals surface area contributed by atoms with Crippen molar-refractivity contribution in [3.05, 3.63) is 28.8 Å². The summed E-state index contributed by atoms with van der Waals surface area (Å²) in [7, 11) is 0. The molecule has 6 nitrogen and oxygen atoms in total. The summed E-state index contributed by atoms with van der Waals surface area (Å²) in [6.07, 6.45) is -2.39. The van der Waals surface area contributed by atoms with Crippen LogP contribution in [0.5, 0.6) is 0 Å². The molecule has 1 aromatic rings. The third kappa shape index (κ3) is 6.07. The van der Waals surface area contributed by atoms with Gasteiger partial charge in [0, 0.05) is 39.3 Å². The molecule has 1 aromatic carbocycles. The highest BCUT2D eigenvalue weighted by molar-refractivity contribution is 6.33. The lowest BCUT2D eigenvalue weighted by Gasteiger charge is -2.34. The van der Waals surface area contributed by atoms with Gasteiger partial charge in [-0.2, -0.15) is 13.2 Å². The van der Waals surface area contributed by atoms with Gasteiger partial charge in [0.2, 0.25) is 11.8 Å². The number of rotatable bonds is 5. The van der Waals surface area contributed by atoms with Gasteiger partial charge in [-0.25, -0.2) is 0 Å². The van der Waals surface area contributed by atoms with E-state index in [0.29, 0.717) is 32.7 Å². The number of nitrogens with one attached hydrogen (secondary N) is 1. The number of hydrogen-bond acceptors (Lipinski definition) is 4. The molecular weight excluding hydrogens is 409 g/mol. The van der Waals surface area contributed by atoms with E-state index in [0.717, 1.165) is 44.1 Å². The molecule has 2 heterocycles. The van der Waals surface area contributed by atoms with E-state index < -0.39 is 17.6 Å². The smallest absolute Gasteiger partial charge is 0.342 e. The third-order valence-electron chi connectivity index (χ3n) is 5.22. The Morgan fingerprint density at radius 1 is 0.966 bits per heavy atom. The van der Waals surface area contributed by atoms with Gasteiger partial charge in [-0.1, -0.05) is 11.6 Å². The molecule has 160 valence electrons. The summed E-state index contributed by atoms with van der Waals surface area (Å²) in [5.74, 6) is -0.277. The largest absolute Gasteiger partial charge is 0.416 e. The zero-order valence-corrected chi connectivity index (χ0v) is 16.7. The SMILES string of the molecule is O=C(CN1CCN(CC(=O)N2CCCC2)CC1)Nc1cc(C(F)(F)F)ccc1Cl. The van der Waals surface area contributed by atoms with Gasteiger partial charge in [0.05, 0.1) is 29.4 Å². The van der Waals surface area contributed by atoms with Crippen molar-refractivity contribution in [2.75, 3.05) is 57.7 Å². The fraction of sp³-hybridized carbons (Fsp3) is 0.579. The minimum atomic E-state index is -4.51. The maximum absolute atomic E-state index is 12.8. The fourth-order valence-electron chi connectivity index (χ4n) is 3.55. The van der Waals surface area contributed by atoms with Crippen LogP contribution in [0.25, 0.3) is 0 Å². The molecule has 2 aliphatic heterocycles. The van der Waals surface area contributed by atoms with E-state index in [1.807, 2.05) is 9.80 Å². The van der Waals surface area contributed by atoms with Gasteiger partial charge in [0.1, 0.15) is 0 Å². The van der Waals surface area contributed by atoms with E-state index in [9.17, 15) is 22.8 Å². The van der Waals surface area contributed by atoms with Crippen molar-refractivity contribution in [1.82, 2.24) is 14.7 Å². The van der Waals surface area contributed by atoms with Crippen LogP contribution in [-0.4, -0.2) is 78.9 Å². The van der Waals surface area contributed by atoms with Gasteiger partial charge >= 0.3 is 6.18 Å². The lowest BCUT2D eigenvalue weighted by atomic mass is 10.2. The summed E-state index contributed by atoms with van der Waals surface area (Å²) < 4.78 is 38.5. The second-order valence-corrected chi connectivity index (χ2v) is 7.79. The highest BCUT2D eigenvalue weighted by atomic mass is 35.5. The summed E-state index contributed by atoms with van der Waals surface area (Å²) in [5, 5.41) is 2.52. The number of benzene rings is 1. The van der Waals surface area contributed by atoms with Crippen molar-refractivity contribution in [2.24, 2.45) is 0 Å². The Hall–Kier alpha value is -1.84. The average molecular weight is 433 g/mol. The zero-order valence-electron chi connectivity index (χ0n) is 16.0. The molecule has 0 bridgehead atoms. The summed E-state index contributed by atoms with van der Waals surface area (Å²) in [6.45, 7) is 4.65. The number of carbonyl (C=O) groups is 2. The maximum atomic E-state index is 12.8. The number of halogens is 4. The number of carbonyl (C=O) groups excluding carboxylic acids is 2. The third-order valence-corrected chi connectivity index (χ3v) is 5.55. The summed E-state index contributed by atoms with van der Waals surface area (Å²) in [5.41, 5.74) is -0.921. The minimum Gasteiger partial charge on any atom is -0.342 e. The van der Waals surface area contributed by atoms with Crippen molar-refractivity contribution in [1.29, 1.82) is 0 Å². The van der Waals surface area contributed by atoms with Crippen LogP contribution in [-0.2, 0) is 15.8 Å². The van der Waals surface area contributed by atoms with Crippen LogP contribution in [0.3, 0.4) is 0 Å². The highest BCUT2D eigenvalue weighted by Gasteiger charge is 2.31. The standard InChI is InChI=1S/C19H24ClF3N4O2/c20-15-4-3-14(19(21,22)23)11-16(15)24-17(28)12-25-7-9-26(10-8-25)13-18(29)27-5-1-2-6-27/h3-4,11H,1-2,5-10,12-13H2,(H,24,28). The minimum absolute atomic E-state index is 0.0524. The van der Waals surface area contributed by atoms with Crippen molar-refractivity contribution in [3.63, 3.8) is 0 Å². The number of piperazine rings is 1. The van der Waals surface area contributed by atoms with E-state index >= 15 is 0 Å². The Balaban J connectivity index is 1.46. The molecule has 0 spiro atoms. The molecule has 0 aliphatic carbocycles. The van der Waals surface area contributed by atoms with Gasteiger partial charge in [0.25, 0.3) is 0 Å². The van der Waals surface area contributed by atoms with Gasteiger partial charge in [-0.05, 0) is 31.0 Å². The molecular formula is C19H24ClF3N4O2. The van der Waals surface area contributed by atoms with E-state index in [-0.39, 0.29) is 23.2 Å². The van der Waals surface area contributed by atoms with Crippen LogP contribution >= 0.6 is 11.6 Å². The first kappa shape index (κ1) is 21.9. The number of nitrogens with zero attached hydrogens (tertiary/aromatic N) is 3. The molecule has 3 rings (SSSR count). The molecule has 2 fully saturated rings. The predicted octanol–water partition coefficient (Wildman–Crippen LogP) is 2.54. The quantitative estimate of drug-likeness (QED) is 0.777. The number of alkyl halides is 3. The average Bonchev–Trinajstić information content (AvgIpc) is 3.19. The van der Waals surface area contributed by atoms with Crippen LogP contribution in [0.4, 0.5) is 18.9 Å². The molecule has 0 atom stereocenters. The summed E-state index contributed by atoms with van der Waals surface area (Å²) in [4.78, 5) is 30.3. The Morgan fingerprint density at radius 3 is 2.14 bits per heavy atom. The number of likely N-dealkylation sites (tertiary alicyclic amines) is 1. The van der Waals surface area contributed by atoms with E-state index in [2.05, 4.69) is 10.2 Å². The molecule has 1 N–H and O–H groups in total. The molecule has 2 aliphatic rings. The molecule has 0 saturated carbocycles. The number of anilines is 1. The van der Waals surface area contributed by atoms with Gasteiger partial charge < -0.3 is 10.2 Å². The molecule has 10 heteroatoms. The first-order valence-corrected chi connectivity index (χ1v) is 9.99. The molecule has 0 aromatic heterocycles. The topological polar surface area (TPSA) is 55.9 Å². The Labute approximate surface area is 172 Å². The molecule has 29 heavy (non-hydrogen) atoms. The van der Waals surface area contributed by atoms with E-state index in [1.165, 1.54) is 0 Å². The lowest BCUT2D eigenvalue weighted by molar-refractivity contribution is -0.137. The fourth-order valence-corrected chi connectivity index (χ4v) is 3.72. The first-order valence-electron chi connectivity index (χ1n) is 9.61. The van der Waals surface area contributed by atoms with E-state index in [4.69, 9.17) is 11.6 Å². The molecule has 2 amide bonds. The molecule has 0 unspecified atom stereocenters. The van der Waals surface area contributed by atoms with Crippen molar-refractivity contribution >= 4 is 29.1 Å². The Bertz CT molecular complexity index is 745. The lowest BCUT2D eigenvalue weighted by Crippen LogP contribution is -2.51. The maximum Gasteiger partial charge on any atom is 0.416 e. The zero-order chi connectivity index (χ0) is 21.0. The number of hydrogen-bond donors (Lipinski definition) is 1. The summed E-state index contributed by atoms with van der Waals surface area (Å²) in [6, 6.07) is 2.83. The van der Waals surface area contributed by atoms with Gasteiger partial charge in [-0.15, -0.1) is 0 Å². The van der Waals surface area contributed by atoms with E-state index in [1.54, 1.807) is 0 Å². The van der Waals surface area contributed by atoms with Crippen LogP contribution in [0, 0.1) is 0 Å². The van der Waals surface area contributed by atoms with Gasteiger partial charge in [0.15, 0.2) is 0 Å².